The molecular formula is C20H23FN2O4S. The summed E-state index contributed by atoms with van der Waals surface area (Å²) in [5.74, 6) is 0.104. The molecule has 28 heavy (non-hydrogen) atoms. The van der Waals surface area contributed by atoms with E-state index in [0.29, 0.717) is 23.7 Å². The third kappa shape index (κ3) is 3.84. The van der Waals surface area contributed by atoms with Gasteiger partial charge in [0.25, 0.3) is 5.91 Å². The van der Waals surface area contributed by atoms with Crippen LogP contribution in [0.3, 0.4) is 0 Å². The standard InChI is InChI=1S/C20H23FN2O4S/c1-26-17-10-12(21)6-7-16(17)27-15-8-9-23(11-14(15)24)20(25)19-22-13-4-2-3-5-18(13)28-19/h6-7,10,14-15,24H,2-5,8-9,11H2,1H3/t14-,15-/m1/s1. The largest absolute Gasteiger partial charge is 0.493 e. The number of piperidine rings is 1. The van der Waals surface area contributed by atoms with Gasteiger partial charge in [0.1, 0.15) is 18.0 Å². The lowest BCUT2D eigenvalue weighted by atomic mass is 10.0. The average Bonchev–Trinajstić information content (AvgIpc) is 3.14. The van der Waals surface area contributed by atoms with Gasteiger partial charge in [-0.2, -0.15) is 0 Å². The van der Waals surface area contributed by atoms with E-state index in [1.54, 1.807) is 4.90 Å². The maximum Gasteiger partial charge on any atom is 0.282 e. The molecule has 1 aromatic carbocycles. The van der Waals surface area contributed by atoms with Gasteiger partial charge in [-0.15, -0.1) is 11.3 Å². The predicted octanol–water partition coefficient (Wildman–Crippen LogP) is 2.82. The van der Waals surface area contributed by atoms with Gasteiger partial charge in [-0.05, 0) is 37.8 Å². The molecule has 1 fully saturated rings. The van der Waals surface area contributed by atoms with Crippen molar-refractivity contribution in [2.45, 2.75) is 44.3 Å². The maximum atomic E-state index is 13.3. The van der Waals surface area contributed by atoms with Crippen LogP contribution in [0.2, 0.25) is 0 Å². The highest BCUT2D eigenvalue weighted by Gasteiger charge is 2.34. The zero-order valence-corrected chi connectivity index (χ0v) is 16.5. The molecular weight excluding hydrogens is 383 g/mol. The molecule has 4 rings (SSSR count). The van der Waals surface area contributed by atoms with Gasteiger partial charge < -0.3 is 19.5 Å². The highest BCUT2D eigenvalue weighted by Crippen LogP contribution is 2.31. The van der Waals surface area contributed by atoms with Gasteiger partial charge >= 0.3 is 0 Å². The second-order valence-electron chi connectivity index (χ2n) is 7.15. The average molecular weight is 406 g/mol. The fourth-order valence-electron chi connectivity index (χ4n) is 3.71. The number of nitrogens with zero attached hydrogens (tertiary/aromatic N) is 2. The lowest BCUT2D eigenvalue weighted by Crippen LogP contribution is -2.51. The summed E-state index contributed by atoms with van der Waals surface area (Å²) >= 11 is 1.48. The molecule has 1 saturated heterocycles. The van der Waals surface area contributed by atoms with E-state index in [4.69, 9.17) is 9.47 Å². The molecule has 6 nitrogen and oxygen atoms in total. The van der Waals surface area contributed by atoms with Crippen molar-refractivity contribution in [3.63, 3.8) is 0 Å². The molecule has 0 unspecified atom stereocenters. The first-order valence-electron chi connectivity index (χ1n) is 9.51. The number of hydrogen-bond acceptors (Lipinski definition) is 6. The molecule has 2 aliphatic rings. The molecule has 1 amide bonds. The number of aliphatic hydroxyl groups excluding tert-OH is 1. The number of carbonyl (C=O) groups excluding carboxylic acids is 1. The Bertz CT molecular complexity index is 848. The molecule has 8 heteroatoms. The van der Waals surface area contributed by atoms with Crippen LogP contribution in [0.5, 0.6) is 11.5 Å². The van der Waals surface area contributed by atoms with Crippen LogP contribution in [0.4, 0.5) is 4.39 Å². The van der Waals surface area contributed by atoms with Crippen LogP contribution < -0.4 is 9.47 Å². The SMILES string of the molecule is COc1cc(F)ccc1O[C@@H]1CCN(C(=O)c2nc3c(s2)CCCC3)C[C@H]1O. The van der Waals surface area contributed by atoms with Crippen molar-refractivity contribution >= 4 is 17.2 Å². The van der Waals surface area contributed by atoms with Crippen LogP contribution in [0.1, 0.15) is 39.6 Å². The van der Waals surface area contributed by atoms with Crippen LogP contribution >= 0.6 is 11.3 Å². The van der Waals surface area contributed by atoms with Gasteiger partial charge in [-0.3, -0.25) is 4.79 Å². The Morgan fingerprint density at radius 2 is 2.14 bits per heavy atom. The van der Waals surface area contributed by atoms with Crippen LogP contribution in [-0.2, 0) is 12.8 Å². The maximum absolute atomic E-state index is 13.3. The Kier molecular flexibility index (Phi) is 5.50. The number of thiazole rings is 1. The number of hydrogen-bond donors (Lipinski definition) is 1. The van der Waals surface area contributed by atoms with Gasteiger partial charge in [0.05, 0.1) is 19.3 Å². The topological polar surface area (TPSA) is 71.9 Å². The molecule has 150 valence electrons. The molecule has 1 aromatic heterocycles. The number of benzene rings is 1. The minimum Gasteiger partial charge on any atom is -0.493 e. The lowest BCUT2D eigenvalue weighted by Gasteiger charge is -2.35. The highest BCUT2D eigenvalue weighted by atomic mass is 32.1. The zero-order valence-electron chi connectivity index (χ0n) is 15.7. The van der Waals surface area contributed by atoms with Gasteiger partial charge in [0.15, 0.2) is 16.5 Å². The molecule has 2 aromatic rings. The Morgan fingerprint density at radius 1 is 1.32 bits per heavy atom. The lowest BCUT2D eigenvalue weighted by molar-refractivity contribution is -0.0207. The van der Waals surface area contributed by atoms with Gasteiger partial charge in [-0.25, -0.2) is 9.37 Å². The Hall–Kier alpha value is -2.19. The van der Waals surface area contributed by atoms with Gasteiger partial charge in [-0.1, -0.05) is 0 Å². The predicted molar refractivity (Wildman–Crippen MR) is 103 cm³/mol. The summed E-state index contributed by atoms with van der Waals surface area (Å²) in [5, 5.41) is 11.0. The molecule has 0 radical (unpaired) electrons. The van der Waals surface area contributed by atoms with E-state index in [2.05, 4.69) is 4.98 Å². The summed E-state index contributed by atoms with van der Waals surface area (Å²) in [5.41, 5.74) is 1.06. The summed E-state index contributed by atoms with van der Waals surface area (Å²) in [7, 11) is 1.44. The molecule has 0 bridgehead atoms. The summed E-state index contributed by atoms with van der Waals surface area (Å²) in [6, 6.07) is 4.01. The van der Waals surface area contributed by atoms with E-state index in [9.17, 15) is 14.3 Å². The Balaban J connectivity index is 1.41. The first-order valence-corrected chi connectivity index (χ1v) is 10.3. The van der Waals surface area contributed by atoms with Crippen molar-refractivity contribution in [1.29, 1.82) is 0 Å². The van der Waals surface area contributed by atoms with Crippen molar-refractivity contribution in [2.75, 3.05) is 20.2 Å². The first kappa shape index (κ1) is 19.1. The molecule has 0 spiro atoms. The fourth-order valence-corrected chi connectivity index (χ4v) is 4.83. The number of fused-ring (bicyclic) bond motifs is 1. The van der Waals surface area contributed by atoms with Gasteiger partial charge in [0.2, 0.25) is 0 Å². The number of likely N-dealkylation sites (tertiary alicyclic amines) is 1. The van der Waals surface area contributed by atoms with Crippen molar-refractivity contribution in [3.05, 3.63) is 39.6 Å². The zero-order chi connectivity index (χ0) is 19.7. The second-order valence-corrected chi connectivity index (χ2v) is 8.24. The first-order chi connectivity index (χ1) is 13.5. The molecule has 2 atom stereocenters. The van der Waals surface area contributed by atoms with E-state index in [-0.39, 0.29) is 18.2 Å². The van der Waals surface area contributed by atoms with E-state index in [0.717, 1.165) is 31.4 Å². The number of aliphatic hydroxyl groups is 1. The summed E-state index contributed by atoms with van der Waals surface area (Å²) < 4.78 is 24.3. The number of halogens is 1. The third-order valence-electron chi connectivity index (χ3n) is 5.24. The van der Waals surface area contributed by atoms with Crippen molar-refractivity contribution in [3.8, 4) is 11.5 Å². The number of rotatable bonds is 4. The normalized spacial score (nSPS) is 21.9. The number of β-amino-alcohol motifs (C(OH)–C–C–N with tert-alkyl or cyclic N) is 1. The molecule has 2 heterocycles. The van der Waals surface area contributed by atoms with E-state index < -0.39 is 18.0 Å². The second kappa shape index (κ2) is 8.05. The number of methoxy groups -OCH3 is 1. The molecule has 1 aliphatic carbocycles. The minimum absolute atomic E-state index is 0.128. The van der Waals surface area contributed by atoms with Crippen molar-refractivity contribution < 1.29 is 23.8 Å². The highest BCUT2D eigenvalue weighted by molar-refractivity contribution is 7.13. The summed E-state index contributed by atoms with van der Waals surface area (Å²) in [6.07, 6.45) is 3.35. The molecule has 0 saturated carbocycles. The number of ether oxygens (including phenoxy) is 2. The van der Waals surface area contributed by atoms with Gasteiger partial charge in [0, 0.05) is 23.9 Å². The molecule has 1 aliphatic heterocycles. The quantitative estimate of drug-likeness (QED) is 0.845. The monoisotopic (exact) mass is 406 g/mol. The summed E-state index contributed by atoms with van der Waals surface area (Å²) in [6.45, 7) is 0.644. The van der Waals surface area contributed by atoms with Crippen molar-refractivity contribution in [1.82, 2.24) is 9.88 Å². The van der Waals surface area contributed by atoms with Crippen LogP contribution in [0, 0.1) is 5.82 Å². The number of aromatic nitrogens is 1. The van der Waals surface area contributed by atoms with Crippen molar-refractivity contribution in [2.24, 2.45) is 0 Å². The Labute approximate surface area is 166 Å². The van der Waals surface area contributed by atoms with E-state index >= 15 is 0 Å². The third-order valence-corrected chi connectivity index (χ3v) is 6.39. The minimum atomic E-state index is -0.845. The number of aryl methyl sites for hydroxylation is 2. The Morgan fingerprint density at radius 3 is 2.89 bits per heavy atom. The van der Waals surface area contributed by atoms with Crippen LogP contribution in [0.25, 0.3) is 0 Å². The van der Waals surface area contributed by atoms with E-state index in [1.165, 1.54) is 41.5 Å². The van der Waals surface area contributed by atoms with E-state index in [1.807, 2.05) is 0 Å². The number of carbonyl (C=O) groups is 1. The smallest absolute Gasteiger partial charge is 0.282 e. The molecule has 1 N–H and O–H groups in total. The van der Waals surface area contributed by atoms with Crippen LogP contribution in [-0.4, -0.2) is 53.3 Å². The van der Waals surface area contributed by atoms with Crippen LogP contribution in [0.15, 0.2) is 18.2 Å². The summed E-state index contributed by atoms with van der Waals surface area (Å²) in [4.78, 5) is 20.2. The number of amides is 1. The fraction of sp³-hybridized carbons (Fsp3) is 0.500.